The van der Waals surface area contributed by atoms with Crippen LogP contribution < -0.4 is 5.32 Å². The average Bonchev–Trinajstić information content (AvgIpc) is 2.56. The van der Waals surface area contributed by atoms with Crippen LogP contribution >= 0.6 is 0 Å². The van der Waals surface area contributed by atoms with Crippen LogP contribution in [0, 0.1) is 12.8 Å². The second-order valence-electron chi connectivity index (χ2n) is 6.74. The number of aromatic nitrogens is 1. The van der Waals surface area contributed by atoms with Gasteiger partial charge in [-0.15, -0.1) is 0 Å². The van der Waals surface area contributed by atoms with Crippen molar-refractivity contribution in [3.8, 4) is 0 Å². The summed E-state index contributed by atoms with van der Waals surface area (Å²) < 4.78 is 5.83. The number of hydrogen-bond acceptors (Lipinski definition) is 4. The number of carbonyl (C=O) groups is 1. The molecule has 5 nitrogen and oxygen atoms in total. The Morgan fingerprint density at radius 1 is 1.35 bits per heavy atom. The maximum atomic E-state index is 12.5. The molecule has 0 aromatic carbocycles. The lowest BCUT2D eigenvalue weighted by atomic mass is 9.96. The Labute approximate surface area is 138 Å². The Balaban J connectivity index is 1.51. The fourth-order valence-corrected chi connectivity index (χ4v) is 3.52. The number of rotatable bonds is 4. The zero-order chi connectivity index (χ0) is 16.1. The van der Waals surface area contributed by atoms with Crippen LogP contribution in [-0.4, -0.2) is 48.1 Å². The van der Waals surface area contributed by atoms with Gasteiger partial charge in [-0.1, -0.05) is 6.07 Å². The lowest BCUT2D eigenvalue weighted by Crippen LogP contribution is -2.44. The number of piperidine rings is 1. The van der Waals surface area contributed by atoms with E-state index in [1.165, 1.54) is 12.8 Å². The molecule has 2 aliphatic rings. The van der Waals surface area contributed by atoms with Crippen LogP contribution in [0.4, 0.5) is 5.82 Å². The Morgan fingerprint density at radius 3 is 3.04 bits per heavy atom. The van der Waals surface area contributed by atoms with Crippen molar-refractivity contribution < 1.29 is 9.53 Å². The third-order valence-corrected chi connectivity index (χ3v) is 4.75. The standard InChI is InChI=1S/C18H27N3O2/c1-14-6-4-9-17(19-14)20-18(22)15-7-5-10-21(12-15)13-16-8-2-3-11-23-16/h4,6,9,15-16H,2-3,5,7-8,10-13H2,1H3,(H,19,20,22). The summed E-state index contributed by atoms with van der Waals surface area (Å²) >= 11 is 0. The molecule has 3 rings (SSSR count). The van der Waals surface area contributed by atoms with Crippen LogP contribution in [0.25, 0.3) is 0 Å². The largest absolute Gasteiger partial charge is 0.377 e. The van der Waals surface area contributed by atoms with Crippen LogP contribution in [0.15, 0.2) is 18.2 Å². The fraction of sp³-hybridized carbons (Fsp3) is 0.667. The van der Waals surface area contributed by atoms with E-state index in [4.69, 9.17) is 4.74 Å². The summed E-state index contributed by atoms with van der Waals surface area (Å²) in [6.45, 7) is 5.69. The topological polar surface area (TPSA) is 54.5 Å². The number of ether oxygens (including phenoxy) is 1. The van der Waals surface area contributed by atoms with Crippen molar-refractivity contribution in [2.45, 2.75) is 45.1 Å². The van der Waals surface area contributed by atoms with Crippen LogP contribution in [0.3, 0.4) is 0 Å². The van der Waals surface area contributed by atoms with Gasteiger partial charge in [-0.05, 0) is 57.7 Å². The average molecular weight is 317 g/mol. The minimum absolute atomic E-state index is 0.0506. The fourth-order valence-electron chi connectivity index (χ4n) is 3.52. The molecule has 2 fully saturated rings. The second-order valence-corrected chi connectivity index (χ2v) is 6.74. The van der Waals surface area contributed by atoms with E-state index < -0.39 is 0 Å². The Hall–Kier alpha value is -1.46. The summed E-state index contributed by atoms with van der Waals surface area (Å²) in [5, 5.41) is 2.97. The molecule has 0 aliphatic carbocycles. The molecule has 0 radical (unpaired) electrons. The molecular formula is C18H27N3O2. The zero-order valence-electron chi connectivity index (χ0n) is 14.0. The molecule has 3 heterocycles. The minimum Gasteiger partial charge on any atom is -0.377 e. The summed E-state index contributed by atoms with van der Waals surface area (Å²) in [7, 11) is 0. The SMILES string of the molecule is Cc1cccc(NC(=O)C2CCCN(CC3CCCCO3)C2)n1. The molecular weight excluding hydrogens is 290 g/mol. The first-order valence-electron chi connectivity index (χ1n) is 8.79. The van der Waals surface area contributed by atoms with E-state index in [2.05, 4.69) is 15.2 Å². The smallest absolute Gasteiger partial charge is 0.229 e. The summed E-state index contributed by atoms with van der Waals surface area (Å²) in [6, 6.07) is 5.70. The first-order chi connectivity index (χ1) is 11.2. The Bertz CT molecular complexity index is 529. The van der Waals surface area contributed by atoms with Gasteiger partial charge in [-0.3, -0.25) is 9.69 Å². The summed E-state index contributed by atoms with van der Waals surface area (Å²) in [5.74, 6) is 0.801. The quantitative estimate of drug-likeness (QED) is 0.927. The first kappa shape index (κ1) is 16.4. The molecule has 0 saturated carbocycles. The molecule has 5 heteroatoms. The molecule has 2 saturated heterocycles. The number of aryl methyl sites for hydroxylation is 1. The number of likely N-dealkylation sites (tertiary alicyclic amines) is 1. The number of nitrogens with one attached hydrogen (secondary N) is 1. The maximum absolute atomic E-state index is 12.5. The third-order valence-electron chi connectivity index (χ3n) is 4.75. The molecule has 23 heavy (non-hydrogen) atoms. The predicted molar refractivity (Wildman–Crippen MR) is 90.4 cm³/mol. The van der Waals surface area contributed by atoms with E-state index in [0.29, 0.717) is 11.9 Å². The van der Waals surface area contributed by atoms with Crippen LogP contribution in [0.1, 0.15) is 37.8 Å². The summed E-state index contributed by atoms with van der Waals surface area (Å²) in [5.41, 5.74) is 0.919. The number of nitrogens with zero attached hydrogens (tertiary/aromatic N) is 2. The lowest BCUT2D eigenvalue weighted by molar-refractivity contribution is -0.122. The van der Waals surface area contributed by atoms with Crippen molar-refractivity contribution in [1.29, 1.82) is 0 Å². The number of carbonyl (C=O) groups excluding carboxylic acids is 1. The van der Waals surface area contributed by atoms with Gasteiger partial charge >= 0.3 is 0 Å². The highest BCUT2D eigenvalue weighted by Gasteiger charge is 2.28. The van der Waals surface area contributed by atoms with Gasteiger partial charge in [0.25, 0.3) is 0 Å². The minimum atomic E-state index is 0.0506. The molecule has 1 amide bonds. The number of pyridine rings is 1. The molecule has 1 N–H and O–H groups in total. The van der Waals surface area contributed by atoms with E-state index in [0.717, 1.165) is 51.2 Å². The van der Waals surface area contributed by atoms with Gasteiger partial charge in [-0.2, -0.15) is 0 Å². The summed E-state index contributed by atoms with van der Waals surface area (Å²) in [4.78, 5) is 19.3. The lowest BCUT2D eigenvalue weighted by Gasteiger charge is -2.35. The first-order valence-corrected chi connectivity index (χ1v) is 8.79. The predicted octanol–water partition coefficient (Wildman–Crippen LogP) is 2.61. The summed E-state index contributed by atoms with van der Waals surface area (Å²) in [6.07, 6.45) is 5.99. The van der Waals surface area contributed by atoms with Crippen molar-refractivity contribution in [3.63, 3.8) is 0 Å². The molecule has 1 aromatic heterocycles. The third kappa shape index (κ3) is 4.75. The van der Waals surface area contributed by atoms with Crippen molar-refractivity contribution in [3.05, 3.63) is 23.9 Å². The second kappa shape index (κ2) is 7.88. The van der Waals surface area contributed by atoms with Crippen LogP contribution in [-0.2, 0) is 9.53 Å². The highest BCUT2D eigenvalue weighted by atomic mass is 16.5. The van der Waals surface area contributed by atoms with Crippen molar-refractivity contribution in [2.75, 3.05) is 31.6 Å². The highest BCUT2D eigenvalue weighted by Crippen LogP contribution is 2.21. The van der Waals surface area contributed by atoms with Gasteiger partial charge in [0, 0.05) is 25.4 Å². The van der Waals surface area contributed by atoms with Gasteiger partial charge in [0.2, 0.25) is 5.91 Å². The van der Waals surface area contributed by atoms with Crippen LogP contribution in [0.5, 0.6) is 0 Å². The number of hydrogen-bond donors (Lipinski definition) is 1. The molecule has 2 unspecified atom stereocenters. The highest BCUT2D eigenvalue weighted by molar-refractivity contribution is 5.91. The maximum Gasteiger partial charge on any atom is 0.229 e. The molecule has 126 valence electrons. The molecule has 2 atom stereocenters. The van der Waals surface area contributed by atoms with Gasteiger partial charge in [0.15, 0.2) is 0 Å². The van der Waals surface area contributed by atoms with Crippen LogP contribution in [0.2, 0.25) is 0 Å². The zero-order valence-corrected chi connectivity index (χ0v) is 14.0. The van der Waals surface area contributed by atoms with Gasteiger partial charge in [-0.25, -0.2) is 4.98 Å². The number of anilines is 1. The van der Waals surface area contributed by atoms with Crippen molar-refractivity contribution in [2.24, 2.45) is 5.92 Å². The van der Waals surface area contributed by atoms with Gasteiger partial charge in [0.1, 0.15) is 5.82 Å². The van der Waals surface area contributed by atoms with E-state index in [1.54, 1.807) is 0 Å². The Morgan fingerprint density at radius 2 is 2.26 bits per heavy atom. The van der Waals surface area contributed by atoms with E-state index >= 15 is 0 Å². The van der Waals surface area contributed by atoms with Gasteiger partial charge in [0.05, 0.1) is 12.0 Å². The normalized spacial score (nSPS) is 26.0. The molecule has 2 aliphatic heterocycles. The molecule has 1 aromatic rings. The van der Waals surface area contributed by atoms with Crippen molar-refractivity contribution >= 4 is 11.7 Å². The number of amides is 1. The van der Waals surface area contributed by atoms with E-state index in [-0.39, 0.29) is 11.8 Å². The van der Waals surface area contributed by atoms with Gasteiger partial charge < -0.3 is 10.1 Å². The molecule has 0 spiro atoms. The van der Waals surface area contributed by atoms with Crippen molar-refractivity contribution in [1.82, 2.24) is 9.88 Å². The Kier molecular flexibility index (Phi) is 5.62. The van der Waals surface area contributed by atoms with E-state index in [1.807, 2.05) is 25.1 Å². The monoisotopic (exact) mass is 317 g/mol. The van der Waals surface area contributed by atoms with E-state index in [9.17, 15) is 4.79 Å². The molecule has 0 bridgehead atoms.